The van der Waals surface area contributed by atoms with E-state index in [1.807, 2.05) is 44.2 Å². The molecule has 3 aromatic rings. The van der Waals surface area contributed by atoms with E-state index in [1.54, 1.807) is 12.1 Å². The predicted octanol–water partition coefficient (Wildman–Crippen LogP) is 6.19. The zero-order valence-electron chi connectivity index (χ0n) is 19.1. The van der Waals surface area contributed by atoms with Gasteiger partial charge < -0.3 is 14.8 Å². The standard InChI is InChI=1S/C26H22BrN3O5/c1-3-34-24-12-19(23(27)14-25(24)35-16-18-9-7-17(2)8-10-18)11-20(15-28)26(31)29-21-5-4-6-22(13-21)30(32)33/h4-14H,3,16H2,1-2H3,(H,29,31)/b20-11+. The Morgan fingerprint density at radius 2 is 1.86 bits per heavy atom. The number of nitriles is 1. The molecule has 0 atom stereocenters. The average Bonchev–Trinajstić information content (AvgIpc) is 2.84. The third kappa shape index (κ3) is 6.91. The lowest BCUT2D eigenvalue weighted by molar-refractivity contribution is -0.384. The van der Waals surface area contributed by atoms with Gasteiger partial charge in [-0.3, -0.25) is 14.9 Å². The van der Waals surface area contributed by atoms with E-state index in [9.17, 15) is 20.2 Å². The van der Waals surface area contributed by atoms with Crippen LogP contribution in [0.25, 0.3) is 6.08 Å². The summed E-state index contributed by atoms with van der Waals surface area (Å²) in [6.45, 7) is 4.59. The summed E-state index contributed by atoms with van der Waals surface area (Å²) in [6, 6.07) is 18.7. The maximum absolute atomic E-state index is 12.7. The molecule has 0 aliphatic carbocycles. The number of hydrogen-bond acceptors (Lipinski definition) is 6. The number of nitro groups is 1. The van der Waals surface area contributed by atoms with Gasteiger partial charge in [0, 0.05) is 22.3 Å². The number of aryl methyl sites for hydroxylation is 1. The Hall–Kier alpha value is -4.16. The number of non-ortho nitro benzene ring substituents is 1. The number of nitrogens with one attached hydrogen (secondary N) is 1. The molecule has 9 heteroatoms. The molecule has 0 aliphatic rings. The molecule has 3 rings (SSSR count). The summed E-state index contributed by atoms with van der Waals surface area (Å²) in [7, 11) is 0. The molecule has 0 radical (unpaired) electrons. The molecule has 0 aliphatic heterocycles. The lowest BCUT2D eigenvalue weighted by Gasteiger charge is -2.14. The number of carbonyl (C=O) groups is 1. The summed E-state index contributed by atoms with van der Waals surface area (Å²) in [5.41, 5.74) is 2.54. The van der Waals surface area contributed by atoms with Gasteiger partial charge in [-0.2, -0.15) is 5.26 Å². The molecule has 0 saturated heterocycles. The van der Waals surface area contributed by atoms with E-state index in [2.05, 4.69) is 21.2 Å². The van der Waals surface area contributed by atoms with Crippen LogP contribution < -0.4 is 14.8 Å². The van der Waals surface area contributed by atoms with Crippen LogP contribution in [0.3, 0.4) is 0 Å². The van der Waals surface area contributed by atoms with E-state index in [4.69, 9.17) is 9.47 Å². The first-order valence-corrected chi connectivity index (χ1v) is 11.4. The molecule has 1 amide bonds. The van der Waals surface area contributed by atoms with Gasteiger partial charge in [-0.25, -0.2) is 0 Å². The van der Waals surface area contributed by atoms with Gasteiger partial charge in [-0.05, 0) is 49.2 Å². The number of carbonyl (C=O) groups excluding carboxylic acids is 1. The molecule has 8 nitrogen and oxygen atoms in total. The van der Waals surface area contributed by atoms with Gasteiger partial charge in [-0.15, -0.1) is 0 Å². The molecule has 0 saturated carbocycles. The Balaban J connectivity index is 1.84. The smallest absolute Gasteiger partial charge is 0.271 e. The van der Waals surface area contributed by atoms with Crippen LogP contribution in [0.15, 0.2) is 70.7 Å². The molecular formula is C26H22BrN3O5. The summed E-state index contributed by atoms with van der Waals surface area (Å²) in [6.07, 6.45) is 1.41. The number of halogens is 1. The fraction of sp³-hybridized carbons (Fsp3) is 0.154. The summed E-state index contributed by atoms with van der Waals surface area (Å²) >= 11 is 3.47. The predicted molar refractivity (Wildman–Crippen MR) is 136 cm³/mol. The number of ether oxygens (including phenoxy) is 2. The molecule has 0 heterocycles. The molecule has 0 bridgehead atoms. The van der Waals surface area contributed by atoms with Crippen LogP contribution in [-0.4, -0.2) is 17.4 Å². The third-order valence-electron chi connectivity index (χ3n) is 4.86. The van der Waals surface area contributed by atoms with Gasteiger partial charge in [0.2, 0.25) is 0 Å². The van der Waals surface area contributed by atoms with Crippen molar-refractivity contribution in [3.05, 3.63) is 97.5 Å². The highest BCUT2D eigenvalue weighted by atomic mass is 79.9. The first kappa shape index (κ1) is 25.5. The molecule has 3 aromatic carbocycles. The summed E-state index contributed by atoms with van der Waals surface area (Å²) in [5, 5.41) is 23.0. The van der Waals surface area contributed by atoms with Gasteiger partial charge in [0.15, 0.2) is 11.5 Å². The number of anilines is 1. The lowest BCUT2D eigenvalue weighted by Crippen LogP contribution is -2.13. The average molecular weight is 536 g/mol. The Labute approximate surface area is 211 Å². The van der Waals surface area contributed by atoms with Crippen molar-refractivity contribution in [3.63, 3.8) is 0 Å². The second-order valence-corrected chi connectivity index (χ2v) is 8.31. The SMILES string of the molecule is CCOc1cc(/C=C(\C#N)C(=O)Nc2cccc([N+](=O)[O-])c2)c(Br)cc1OCc1ccc(C)cc1. The normalized spacial score (nSPS) is 10.9. The van der Waals surface area contributed by atoms with Crippen LogP contribution in [0.5, 0.6) is 11.5 Å². The van der Waals surface area contributed by atoms with Crippen molar-refractivity contribution in [3.8, 4) is 17.6 Å². The Morgan fingerprint density at radius 1 is 1.14 bits per heavy atom. The third-order valence-corrected chi connectivity index (χ3v) is 5.54. The quantitative estimate of drug-likeness (QED) is 0.151. The Bertz CT molecular complexity index is 1310. The first-order chi connectivity index (χ1) is 16.8. The maximum Gasteiger partial charge on any atom is 0.271 e. The highest BCUT2D eigenvalue weighted by Gasteiger charge is 2.15. The van der Waals surface area contributed by atoms with Gasteiger partial charge >= 0.3 is 0 Å². The van der Waals surface area contributed by atoms with Crippen LogP contribution >= 0.6 is 15.9 Å². The summed E-state index contributed by atoms with van der Waals surface area (Å²) in [5.74, 6) is 0.277. The zero-order valence-corrected chi connectivity index (χ0v) is 20.7. The first-order valence-electron chi connectivity index (χ1n) is 10.6. The van der Waals surface area contributed by atoms with E-state index < -0.39 is 10.8 Å². The van der Waals surface area contributed by atoms with E-state index in [-0.39, 0.29) is 16.9 Å². The topological polar surface area (TPSA) is 114 Å². The highest BCUT2D eigenvalue weighted by Crippen LogP contribution is 2.35. The second kappa shape index (κ2) is 11.8. The second-order valence-electron chi connectivity index (χ2n) is 7.46. The molecule has 178 valence electrons. The number of nitro benzene ring substituents is 1. The van der Waals surface area contributed by atoms with Gasteiger partial charge in [0.25, 0.3) is 11.6 Å². The number of hydrogen-bond donors (Lipinski definition) is 1. The molecule has 35 heavy (non-hydrogen) atoms. The van der Waals surface area contributed by atoms with E-state index >= 15 is 0 Å². The van der Waals surface area contributed by atoms with E-state index in [0.29, 0.717) is 34.7 Å². The van der Waals surface area contributed by atoms with Gasteiger partial charge in [0.05, 0.1) is 11.5 Å². The van der Waals surface area contributed by atoms with E-state index in [1.165, 1.54) is 30.3 Å². The van der Waals surface area contributed by atoms with Crippen molar-refractivity contribution in [2.75, 3.05) is 11.9 Å². The number of amides is 1. The summed E-state index contributed by atoms with van der Waals surface area (Å²) < 4.78 is 12.3. The van der Waals surface area contributed by atoms with E-state index in [0.717, 1.165) is 11.1 Å². The molecule has 0 aromatic heterocycles. The van der Waals surface area contributed by atoms with Crippen LogP contribution in [0.1, 0.15) is 23.6 Å². The summed E-state index contributed by atoms with van der Waals surface area (Å²) in [4.78, 5) is 23.1. The van der Waals surface area contributed by atoms with Gasteiger partial charge in [-0.1, -0.05) is 51.8 Å². The fourth-order valence-corrected chi connectivity index (χ4v) is 3.52. The monoisotopic (exact) mass is 535 g/mol. The maximum atomic E-state index is 12.7. The minimum absolute atomic E-state index is 0.171. The Kier molecular flexibility index (Phi) is 8.59. The molecule has 0 unspecified atom stereocenters. The van der Waals surface area contributed by atoms with Crippen molar-refractivity contribution in [2.45, 2.75) is 20.5 Å². The van der Waals surface area contributed by atoms with Crippen LogP contribution in [0.4, 0.5) is 11.4 Å². The molecule has 1 N–H and O–H groups in total. The molecule has 0 spiro atoms. The van der Waals surface area contributed by atoms with Crippen LogP contribution in [-0.2, 0) is 11.4 Å². The number of benzene rings is 3. The number of nitrogens with zero attached hydrogens (tertiary/aromatic N) is 2. The molecule has 0 fully saturated rings. The number of rotatable bonds is 9. The zero-order chi connectivity index (χ0) is 25.4. The minimum Gasteiger partial charge on any atom is -0.490 e. The fourth-order valence-electron chi connectivity index (χ4n) is 3.09. The lowest BCUT2D eigenvalue weighted by atomic mass is 10.1. The van der Waals surface area contributed by atoms with Crippen molar-refractivity contribution >= 4 is 39.3 Å². The Morgan fingerprint density at radius 3 is 2.51 bits per heavy atom. The van der Waals surface area contributed by atoms with Crippen molar-refractivity contribution < 1.29 is 19.2 Å². The minimum atomic E-state index is -0.697. The largest absolute Gasteiger partial charge is 0.490 e. The van der Waals surface area contributed by atoms with Crippen molar-refractivity contribution in [1.82, 2.24) is 0 Å². The van der Waals surface area contributed by atoms with Crippen molar-refractivity contribution in [1.29, 1.82) is 5.26 Å². The van der Waals surface area contributed by atoms with Gasteiger partial charge in [0.1, 0.15) is 18.2 Å². The van der Waals surface area contributed by atoms with Crippen LogP contribution in [0.2, 0.25) is 0 Å². The van der Waals surface area contributed by atoms with Crippen LogP contribution in [0, 0.1) is 28.4 Å². The molecular weight excluding hydrogens is 514 g/mol. The highest BCUT2D eigenvalue weighted by molar-refractivity contribution is 9.10. The van der Waals surface area contributed by atoms with Crippen molar-refractivity contribution in [2.24, 2.45) is 0 Å².